The average molecular weight is 306 g/mol. The van der Waals surface area contributed by atoms with Crippen LogP contribution in [0.15, 0.2) is 24.3 Å². The molecular weight excluding hydrogens is 284 g/mol. The molecule has 2 amide bonds. The third-order valence-corrected chi connectivity index (χ3v) is 3.05. The van der Waals surface area contributed by atoms with Gasteiger partial charge in [0.05, 0.1) is 0 Å². The van der Waals surface area contributed by atoms with E-state index < -0.39 is 17.9 Å². The molecule has 0 aromatic heterocycles. The van der Waals surface area contributed by atoms with Crippen LogP contribution in [0, 0.1) is 5.92 Å². The molecule has 0 spiro atoms. The Morgan fingerprint density at radius 2 is 1.27 bits per heavy atom. The van der Waals surface area contributed by atoms with Crippen molar-refractivity contribution in [2.45, 2.75) is 39.8 Å². The van der Waals surface area contributed by atoms with Crippen molar-refractivity contribution >= 4 is 17.8 Å². The van der Waals surface area contributed by atoms with Gasteiger partial charge in [-0.25, -0.2) is 4.79 Å². The monoisotopic (exact) mass is 306 g/mol. The highest BCUT2D eigenvalue weighted by atomic mass is 16.4. The van der Waals surface area contributed by atoms with Gasteiger partial charge in [-0.2, -0.15) is 0 Å². The first-order valence-electron chi connectivity index (χ1n) is 7.17. The van der Waals surface area contributed by atoms with Crippen molar-refractivity contribution < 1.29 is 19.5 Å². The lowest BCUT2D eigenvalue weighted by molar-refractivity contribution is -0.140. The summed E-state index contributed by atoms with van der Waals surface area (Å²) in [5.74, 6) is -1.99. The first-order valence-corrected chi connectivity index (χ1v) is 7.17. The second-order valence-corrected chi connectivity index (χ2v) is 5.74. The van der Waals surface area contributed by atoms with Gasteiger partial charge in [-0.1, -0.05) is 13.8 Å². The maximum absolute atomic E-state index is 12.0. The molecule has 0 saturated carbocycles. The third-order valence-electron chi connectivity index (χ3n) is 3.05. The number of amides is 2. The summed E-state index contributed by atoms with van der Waals surface area (Å²) in [6.45, 7) is 7.16. The molecule has 3 N–H and O–H groups in total. The molecule has 1 aromatic rings. The highest BCUT2D eigenvalue weighted by molar-refractivity contribution is 5.99. The quantitative estimate of drug-likeness (QED) is 0.745. The van der Waals surface area contributed by atoms with E-state index in [0.717, 1.165) is 0 Å². The first-order chi connectivity index (χ1) is 10.2. The minimum Gasteiger partial charge on any atom is -0.480 e. The van der Waals surface area contributed by atoms with Crippen LogP contribution in [0.25, 0.3) is 0 Å². The van der Waals surface area contributed by atoms with E-state index in [1.807, 2.05) is 13.8 Å². The Balaban J connectivity index is 2.79. The molecule has 6 heteroatoms. The first kappa shape index (κ1) is 17.7. The number of benzene rings is 1. The number of nitrogens with one attached hydrogen (secondary N) is 2. The van der Waals surface area contributed by atoms with Crippen LogP contribution in [0.4, 0.5) is 0 Å². The van der Waals surface area contributed by atoms with Gasteiger partial charge in [0.2, 0.25) is 0 Å². The predicted molar refractivity (Wildman–Crippen MR) is 82.8 cm³/mol. The van der Waals surface area contributed by atoms with Crippen molar-refractivity contribution in [1.29, 1.82) is 0 Å². The minimum absolute atomic E-state index is 0.0258. The predicted octanol–water partition coefficient (Wildman–Crippen LogP) is 1.66. The second-order valence-electron chi connectivity index (χ2n) is 5.74. The minimum atomic E-state index is -1.07. The number of rotatable bonds is 6. The summed E-state index contributed by atoms with van der Waals surface area (Å²) in [6, 6.07) is 5.16. The molecule has 120 valence electrons. The summed E-state index contributed by atoms with van der Waals surface area (Å²) in [4.78, 5) is 34.9. The molecular formula is C16H22N2O4. The van der Waals surface area contributed by atoms with Crippen molar-refractivity contribution in [2.24, 2.45) is 5.92 Å². The number of hydrogen-bond donors (Lipinski definition) is 3. The van der Waals surface area contributed by atoms with Crippen LogP contribution in [0.3, 0.4) is 0 Å². The number of carboxylic acids is 1. The lowest BCUT2D eigenvalue weighted by atomic mass is 10.0. The zero-order valence-electron chi connectivity index (χ0n) is 13.2. The van der Waals surface area contributed by atoms with Crippen LogP contribution < -0.4 is 10.6 Å². The number of carbonyl (C=O) groups excluding carboxylic acids is 2. The van der Waals surface area contributed by atoms with Gasteiger partial charge in [-0.05, 0) is 44.0 Å². The molecule has 6 nitrogen and oxygen atoms in total. The summed E-state index contributed by atoms with van der Waals surface area (Å²) in [6.07, 6.45) is 0. The molecule has 0 aliphatic carbocycles. The fourth-order valence-corrected chi connectivity index (χ4v) is 1.86. The van der Waals surface area contributed by atoms with Crippen LogP contribution in [-0.4, -0.2) is 35.0 Å². The molecule has 0 radical (unpaired) electrons. The third kappa shape index (κ3) is 4.87. The molecule has 1 atom stereocenters. The molecule has 0 aliphatic heterocycles. The normalized spacial score (nSPS) is 12.1. The Morgan fingerprint density at radius 1 is 0.864 bits per heavy atom. The van der Waals surface area contributed by atoms with E-state index in [2.05, 4.69) is 10.6 Å². The van der Waals surface area contributed by atoms with Gasteiger partial charge in [-0.15, -0.1) is 0 Å². The van der Waals surface area contributed by atoms with Crippen molar-refractivity contribution in [3.63, 3.8) is 0 Å². The highest BCUT2D eigenvalue weighted by Gasteiger charge is 2.23. The average Bonchev–Trinajstić information content (AvgIpc) is 2.43. The molecule has 22 heavy (non-hydrogen) atoms. The van der Waals surface area contributed by atoms with E-state index in [-0.39, 0.29) is 17.9 Å². The second kappa shape index (κ2) is 7.59. The number of carbonyl (C=O) groups is 3. The molecule has 0 unspecified atom stereocenters. The Bertz CT molecular complexity index is 550. The van der Waals surface area contributed by atoms with Crippen molar-refractivity contribution in [3.8, 4) is 0 Å². The van der Waals surface area contributed by atoms with Crippen LogP contribution in [0.2, 0.25) is 0 Å². The number of carboxylic acid groups (broad SMARTS) is 1. The van der Waals surface area contributed by atoms with E-state index >= 15 is 0 Å². The fourth-order valence-electron chi connectivity index (χ4n) is 1.86. The van der Waals surface area contributed by atoms with E-state index in [9.17, 15) is 14.4 Å². The Labute approximate surface area is 129 Å². The van der Waals surface area contributed by atoms with Crippen molar-refractivity contribution in [2.75, 3.05) is 0 Å². The smallest absolute Gasteiger partial charge is 0.326 e. The summed E-state index contributed by atoms with van der Waals surface area (Å²) >= 11 is 0. The Kier molecular flexibility index (Phi) is 6.10. The molecule has 1 aromatic carbocycles. The maximum atomic E-state index is 12.0. The van der Waals surface area contributed by atoms with Crippen LogP contribution in [0.1, 0.15) is 48.4 Å². The lowest BCUT2D eigenvalue weighted by Gasteiger charge is -2.18. The van der Waals surface area contributed by atoms with Gasteiger partial charge in [0.15, 0.2) is 0 Å². The molecule has 0 heterocycles. The summed E-state index contributed by atoms with van der Waals surface area (Å²) in [7, 11) is 0. The molecule has 0 aliphatic rings. The standard InChI is InChI=1S/C16H22N2O4/c1-9(2)13(16(21)22)18-15(20)12-7-5-11(6-8-12)14(19)17-10(3)4/h5-10,13H,1-4H3,(H,17,19)(H,18,20)(H,21,22)/t13-/m0/s1. The van der Waals surface area contributed by atoms with Crippen molar-refractivity contribution in [1.82, 2.24) is 10.6 Å². The number of aliphatic carboxylic acids is 1. The van der Waals surface area contributed by atoms with E-state index in [1.165, 1.54) is 24.3 Å². The Hall–Kier alpha value is -2.37. The zero-order valence-corrected chi connectivity index (χ0v) is 13.2. The maximum Gasteiger partial charge on any atom is 0.326 e. The summed E-state index contributed by atoms with van der Waals surface area (Å²) in [5, 5.41) is 14.3. The molecule has 0 fully saturated rings. The lowest BCUT2D eigenvalue weighted by Crippen LogP contribution is -2.44. The zero-order chi connectivity index (χ0) is 16.9. The highest BCUT2D eigenvalue weighted by Crippen LogP contribution is 2.08. The van der Waals surface area contributed by atoms with Crippen molar-refractivity contribution in [3.05, 3.63) is 35.4 Å². The van der Waals surface area contributed by atoms with Gasteiger partial charge in [-0.3, -0.25) is 9.59 Å². The van der Waals surface area contributed by atoms with Crippen LogP contribution in [0.5, 0.6) is 0 Å². The topological polar surface area (TPSA) is 95.5 Å². The summed E-state index contributed by atoms with van der Waals surface area (Å²) < 4.78 is 0. The van der Waals surface area contributed by atoms with Gasteiger partial charge >= 0.3 is 5.97 Å². The Morgan fingerprint density at radius 3 is 1.59 bits per heavy atom. The molecule has 1 rings (SSSR count). The molecule has 0 saturated heterocycles. The fraction of sp³-hybridized carbons (Fsp3) is 0.438. The van der Waals surface area contributed by atoms with Gasteiger partial charge in [0.25, 0.3) is 11.8 Å². The SMILES string of the molecule is CC(C)NC(=O)c1ccc(C(=O)N[C@H](C(=O)O)C(C)C)cc1. The van der Waals surface area contributed by atoms with E-state index in [0.29, 0.717) is 11.1 Å². The van der Waals surface area contributed by atoms with Gasteiger partial charge < -0.3 is 15.7 Å². The van der Waals surface area contributed by atoms with E-state index in [4.69, 9.17) is 5.11 Å². The number of hydrogen-bond acceptors (Lipinski definition) is 3. The van der Waals surface area contributed by atoms with Gasteiger partial charge in [0, 0.05) is 17.2 Å². The van der Waals surface area contributed by atoms with Crippen LogP contribution >= 0.6 is 0 Å². The van der Waals surface area contributed by atoms with E-state index in [1.54, 1.807) is 13.8 Å². The van der Waals surface area contributed by atoms with Gasteiger partial charge in [0.1, 0.15) is 6.04 Å². The largest absolute Gasteiger partial charge is 0.480 e. The summed E-state index contributed by atoms with van der Waals surface area (Å²) in [5.41, 5.74) is 0.761. The molecule has 0 bridgehead atoms. The van der Waals surface area contributed by atoms with Crippen LogP contribution in [-0.2, 0) is 4.79 Å².